The SMILES string of the molecule is CCn1cc(CC(=O)NCCC(C)(C)C(=O)O)c2ccccc21. The third-order valence-electron chi connectivity index (χ3n) is 4.21. The number of para-hydroxylation sites is 1. The van der Waals surface area contributed by atoms with Crippen molar-refractivity contribution in [1.82, 2.24) is 9.88 Å². The first-order valence-corrected chi connectivity index (χ1v) is 7.92. The third-order valence-corrected chi connectivity index (χ3v) is 4.21. The highest BCUT2D eigenvalue weighted by atomic mass is 16.4. The van der Waals surface area contributed by atoms with Crippen LogP contribution in [0, 0.1) is 5.41 Å². The smallest absolute Gasteiger partial charge is 0.309 e. The van der Waals surface area contributed by atoms with Gasteiger partial charge in [0.05, 0.1) is 11.8 Å². The normalized spacial score (nSPS) is 11.6. The number of fused-ring (bicyclic) bond motifs is 1. The van der Waals surface area contributed by atoms with Crippen molar-refractivity contribution in [2.24, 2.45) is 5.41 Å². The predicted molar refractivity (Wildman–Crippen MR) is 90.4 cm³/mol. The summed E-state index contributed by atoms with van der Waals surface area (Å²) in [6.45, 7) is 6.62. The Kier molecular flexibility index (Phi) is 5.08. The molecule has 1 aromatic heterocycles. The van der Waals surface area contributed by atoms with Gasteiger partial charge in [-0.1, -0.05) is 18.2 Å². The number of hydrogen-bond acceptors (Lipinski definition) is 2. The van der Waals surface area contributed by atoms with Crippen molar-refractivity contribution in [1.29, 1.82) is 0 Å². The monoisotopic (exact) mass is 316 g/mol. The van der Waals surface area contributed by atoms with Crippen molar-refractivity contribution in [3.05, 3.63) is 36.0 Å². The number of aromatic nitrogens is 1. The molecule has 5 heteroatoms. The summed E-state index contributed by atoms with van der Waals surface area (Å²) in [6.07, 6.45) is 2.73. The average Bonchev–Trinajstić information content (AvgIpc) is 2.85. The summed E-state index contributed by atoms with van der Waals surface area (Å²) in [5.41, 5.74) is 1.30. The molecule has 2 aromatic rings. The topological polar surface area (TPSA) is 71.3 Å². The number of amides is 1. The van der Waals surface area contributed by atoms with Crippen LogP contribution >= 0.6 is 0 Å². The number of hydrogen-bond donors (Lipinski definition) is 2. The van der Waals surface area contributed by atoms with Crippen LogP contribution in [0.15, 0.2) is 30.5 Å². The van der Waals surface area contributed by atoms with Crippen molar-refractivity contribution in [2.45, 2.75) is 40.2 Å². The number of nitrogens with zero attached hydrogens (tertiary/aromatic N) is 1. The summed E-state index contributed by atoms with van der Waals surface area (Å²) in [4.78, 5) is 23.2. The molecular formula is C18H24N2O3. The van der Waals surface area contributed by atoms with Gasteiger partial charge in [-0.15, -0.1) is 0 Å². The van der Waals surface area contributed by atoms with Crippen molar-refractivity contribution in [3.63, 3.8) is 0 Å². The molecule has 0 saturated carbocycles. The second-order valence-electron chi connectivity index (χ2n) is 6.42. The Labute approximate surface area is 136 Å². The minimum absolute atomic E-state index is 0.0785. The van der Waals surface area contributed by atoms with Crippen LogP contribution in [-0.4, -0.2) is 28.1 Å². The lowest BCUT2D eigenvalue weighted by atomic mass is 9.90. The summed E-state index contributed by atoms with van der Waals surface area (Å²) in [7, 11) is 0. The minimum atomic E-state index is -0.849. The molecule has 5 nitrogen and oxygen atoms in total. The summed E-state index contributed by atoms with van der Waals surface area (Å²) in [5, 5.41) is 13.0. The molecule has 2 rings (SSSR count). The quantitative estimate of drug-likeness (QED) is 0.825. The van der Waals surface area contributed by atoms with E-state index in [0.29, 0.717) is 19.4 Å². The summed E-state index contributed by atoms with van der Waals surface area (Å²) >= 11 is 0. The van der Waals surface area contributed by atoms with Gasteiger partial charge in [0.25, 0.3) is 0 Å². The van der Waals surface area contributed by atoms with E-state index < -0.39 is 11.4 Å². The zero-order valence-corrected chi connectivity index (χ0v) is 13.9. The van der Waals surface area contributed by atoms with Crippen LogP contribution in [0.5, 0.6) is 0 Å². The molecule has 0 saturated heterocycles. The molecule has 0 radical (unpaired) electrons. The second-order valence-corrected chi connectivity index (χ2v) is 6.42. The van der Waals surface area contributed by atoms with E-state index in [1.807, 2.05) is 24.4 Å². The van der Waals surface area contributed by atoms with Crippen LogP contribution < -0.4 is 5.32 Å². The first-order chi connectivity index (χ1) is 10.8. The molecule has 0 atom stereocenters. The standard InChI is InChI=1S/C18H24N2O3/c1-4-20-12-13(14-7-5-6-8-15(14)20)11-16(21)19-10-9-18(2,3)17(22)23/h5-8,12H,4,9-11H2,1-3H3,(H,19,21)(H,22,23). The zero-order chi connectivity index (χ0) is 17.0. The van der Waals surface area contributed by atoms with Crippen molar-refractivity contribution in [3.8, 4) is 0 Å². The largest absolute Gasteiger partial charge is 0.481 e. The number of carboxylic acid groups (broad SMARTS) is 1. The molecule has 0 aliphatic carbocycles. The van der Waals surface area contributed by atoms with Crippen LogP contribution in [0.4, 0.5) is 0 Å². The van der Waals surface area contributed by atoms with Crippen LogP contribution in [0.3, 0.4) is 0 Å². The van der Waals surface area contributed by atoms with Gasteiger partial charge in [0.2, 0.25) is 5.91 Å². The van der Waals surface area contributed by atoms with Gasteiger partial charge in [-0.05, 0) is 38.8 Å². The number of aryl methyl sites for hydroxylation is 1. The van der Waals surface area contributed by atoms with E-state index in [9.17, 15) is 9.59 Å². The highest BCUT2D eigenvalue weighted by molar-refractivity contribution is 5.89. The lowest BCUT2D eigenvalue weighted by Gasteiger charge is -2.18. The average molecular weight is 316 g/mol. The molecule has 1 aromatic carbocycles. The second kappa shape index (κ2) is 6.86. The van der Waals surface area contributed by atoms with E-state index in [4.69, 9.17) is 5.11 Å². The van der Waals surface area contributed by atoms with Gasteiger partial charge in [-0.2, -0.15) is 0 Å². The zero-order valence-electron chi connectivity index (χ0n) is 13.9. The Morgan fingerprint density at radius 2 is 1.96 bits per heavy atom. The minimum Gasteiger partial charge on any atom is -0.481 e. The molecular weight excluding hydrogens is 292 g/mol. The van der Waals surface area contributed by atoms with Crippen molar-refractivity contribution in [2.75, 3.05) is 6.54 Å². The van der Waals surface area contributed by atoms with E-state index >= 15 is 0 Å². The maximum atomic E-state index is 12.1. The number of nitrogens with one attached hydrogen (secondary N) is 1. The number of carbonyl (C=O) groups is 2. The van der Waals surface area contributed by atoms with Crippen molar-refractivity contribution >= 4 is 22.8 Å². The van der Waals surface area contributed by atoms with E-state index in [1.165, 1.54) is 0 Å². The first kappa shape index (κ1) is 17.1. The first-order valence-electron chi connectivity index (χ1n) is 7.92. The van der Waals surface area contributed by atoms with Crippen LogP contribution in [0.2, 0.25) is 0 Å². The molecule has 2 N–H and O–H groups in total. The van der Waals surface area contributed by atoms with Gasteiger partial charge in [-0.25, -0.2) is 0 Å². The number of carboxylic acids is 1. The Morgan fingerprint density at radius 3 is 2.61 bits per heavy atom. The Morgan fingerprint density at radius 1 is 1.26 bits per heavy atom. The molecule has 1 amide bonds. The molecule has 0 spiro atoms. The molecule has 0 aliphatic rings. The fourth-order valence-electron chi connectivity index (χ4n) is 2.58. The lowest BCUT2D eigenvalue weighted by Crippen LogP contribution is -2.32. The van der Waals surface area contributed by atoms with Crippen LogP contribution in [0.1, 0.15) is 32.8 Å². The van der Waals surface area contributed by atoms with Crippen molar-refractivity contribution < 1.29 is 14.7 Å². The van der Waals surface area contributed by atoms with Gasteiger partial charge >= 0.3 is 5.97 Å². The van der Waals surface area contributed by atoms with E-state index in [2.05, 4.69) is 22.9 Å². The molecule has 124 valence electrons. The fourth-order valence-corrected chi connectivity index (χ4v) is 2.58. The molecule has 0 unspecified atom stereocenters. The Hall–Kier alpha value is -2.30. The van der Waals surface area contributed by atoms with E-state index in [1.54, 1.807) is 13.8 Å². The fraction of sp³-hybridized carbons (Fsp3) is 0.444. The molecule has 0 bridgehead atoms. The highest BCUT2D eigenvalue weighted by Crippen LogP contribution is 2.22. The number of benzene rings is 1. The van der Waals surface area contributed by atoms with Gasteiger partial charge in [0, 0.05) is 30.2 Å². The summed E-state index contributed by atoms with van der Waals surface area (Å²) in [6, 6.07) is 8.04. The van der Waals surface area contributed by atoms with Gasteiger partial charge in [0.15, 0.2) is 0 Å². The molecule has 1 heterocycles. The van der Waals surface area contributed by atoms with E-state index in [0.717, 1.165) is 23.0 Å². The maximum Gasteiger partial charge on any atom is 0.309 e. The highest BCUT2D eigenvalue weighted by Gasteiger charge is 2.26. The maximum absolute atomic E-state index is 12.1. The van der Waals surface area contributed by atoms with Crippen LogP contribution in [-0.2, 0) is 22.6 Å². The van der Waals surface area contributed by atoms with E-state index in [-0.39, 0.29) is 5.91 Å². The molecule has 0 aliphatic heterocycles. The van der Waals surface area contributed by atoms with Gasteiger partial charge in [0.1, 0.15) is 0 Å². The number of carbonyl (C=O) groups excluding carboxylic acids is 1. The summed E-state index contributed by atoms with van der Waals surface area (Å²) in [5.74, 6) is -0.928. The van der Waals surface area contributed by atoms with Crippen LogP contribution in [0.25, 0.3) is 10.9 Å². The molecule has 0 fully saturated rings. The van der Waals surface area contributed by atoms with Gasteiger partial charge in [-0.3, -0.25) is 9.59 Å². The number of aliphatic carboxylic acids is 1. The summed E-state index contributed by atoms with van der Waals surface area (Å²) < 4.78 is 2.13. The molecule has 23 heavy (non-hydrogen) atoms. The lowest BCUT2D eigenvalue weighted by molar-refractivity contribution is -0.147. The Bertz CT molecular complexity index is 716. The van der Waals surface area contributed by atoms with Gasteiger partial charge < -0.3 is 15.0 Å². The third kappa shape index (κ3) is 3.92. The predicted octanol–water partition coefficient (Wildman–Crippen LogP) is 2.82. The number of rotatable bonds is 7. The Balaban J connectivity index is 2.00.